The molecule has 3 aromatic carbocycles. The molecule has 9 nitrogen and oxygen atoms in total. The summed E-state index contributed by atoms with van der Waals surface area (Å²) < 4.78 is 34.6. The molecule has 0 radical (unpaired) electrons. The van der Waals surface area contributed by atoms with Crippen molar-refractivity contribution in [3.05, 3.63) is 95.2 Å². The number of anilines is 3. The molecule has 0 bridgehead atoms. The second-order valence-electron chi connectivity index (χ2n) is 7.77. The maximum Gasteiger partial charge on any atom is 0.221 e. The zero-order valence-electron chi connectivity index (χ0n) is 18.9. The fraction of sp³-hybridized carbons (Fsp3) is 0.120. The SMILES string of the molecule is COc1ccc(Cc2cnc(N)nc2N)cc1OC(c1ccc(N)cc1)c1ccc(S(=O)[O-])cc1. The van der Waals surface area contributed by atoms with Crippen molar-refractivity contribution in [2.75, 3.05) is 24.3 Å². The molecule has 0 aliphatic rings. The third-order valence-electron chi connectivity index (χ3n) is 5.40. The maximum atomic E-state index is 11.3. The summed E-state index contributed by atoms with van der Waals surface area (Å²) in [5, 5.41) is 0. The predicted octanol–water partition coefficient (Wildman–Crippen LogP) is 3.23. The number of ether oxygens (including phenoxy) is 2. The van der Waals surface area contributed by atoms with Crippen LogP contribution in [0.1, 0.15) is 28.4 Å². The van der Waals surface area contributed by atoms with E-state index in [1.165, 1.54) is 12.1 Å². The Balaban J connectivity index is 1.71. The average Bonchev–Trinajstić information content (AvgIpc) is 2.85. The molecule has 0 aliphatic heterocycles. The van der Waals surface area contributed by atoms with E-state index in [9.17, 15) is 8.76 Å². The minimum Gasteiger partial charge on any atom is -0.768 e. The zero-order chi connectivity index (χ0) is 24.9. The molecule has 0 amide bonds. The number of hydrogen-bond acceptors (Lipinski definition) is 9. The first kappa shape index (κ1) is 24.0. The fourth-order valence-electron chi connectivity index (χ4n) is 3.59. The summed E-state index contributed by atoms with van der Waals surface area (Å²) in [5.74, 6) is 1.46. The van der Waals surface area contributed by atoms with Gasteiger partial charge in [-0.15, -0.1) is 0 Å². The first-order valence-corrected chi connectivity index (χ1v) is 11.7. The highest BCUT2D eigenvalue weighted by molar-refractivity contribution is 7.79. The van der Waals surface area contributed by atoms with Crippen molar-refractivity contribution in [2.24, 2.45) is 0 Å². The van der Waals surface area contributed by atoms with Gasteiger partial charge in [0.15, 0.2) is 11.5 Å². The molecule has 35 heavy (non-hydrogen) atoms. The number of hydrogen-bond donors (Lipinski definition) is 3. The standard InChI is InChI=1S/C25H25N5O4S/c1-33-21-11-2-15(12-18-14-29-25(28)30-24(18)27)13-22(21)34-23(16-3-7-19(26)8-4-16)17-5-9-20(10-6-17)35(31)32/h2-11,13-14,23H,12,26H2,1H3,(H,31,32)(H4,27,28,29,30)/p-1. The first-order valence-electron chi connectivity index (χ1n) is 10.6. The van der Waals surface area contributed by atoms with Crippen molar-refractivity contribution < 1.29 is 18.2 Å². The molecule has 0 saturated carbocycles. The zero-order valence-corrected chi connectivity index (χ0v) is 19.7. The van der Waals surface area contributed by atoms with Gasteiger partial charge in [0, 0.05) is 28.8 Å². The lowest BCUT2D eigenvalue weighted by Crippen LogP contribution is -2.11. The molecular weight excluding hydrogens is 466 g/mol. The number of benzene rings is 3. The van der Waals surface area contributed by atoms with Crippen LogP contribution in [0.25, 0.3) is 0 Å². The molecule has 0 fully saturated rings. The number of aromatic nitrogens is 2. The summed E-state index contributed by atoms with van der Waals surface area (Å²) in [6, 6.07) is 19.4. The van der Waals surface area contributed by atoms with E-state index >= 15 is 0 Å². The number of nitrogen functional groups attached to an aromatic ring is 3. The molecule has 0 saturated heterocycles. The Bertz CT molecular complexity index is 1350. The lowest BCUT2D eigenvalue weighted by Gasteiger charge is -2.23. The first-order chi connectivity index (χ1) is 16.8. The monoisotopic (exact) mass is 490 g/mol. The van der Waals surface area contributed by atoms with Gasteiger partial charge in [0.2, 0.25) is 5.95 Å². The Labute approximate surface area is 205 Å². The Hall–Kier alpha value is -4.15. The van der Waals surface area contributed by atoms with Crippen molar-refractivity contribution in [3.63, 3.8) is 0 Å². The van der Waals surface area contributed by atoms with Crippen molar-refractivity contribution in [1.29, 1.82) is 0 Å². The Morgan fingerprint density at radius 1 is 0.943 bits per heavy atom. The van der Waals surface area contributed by atoms with Crippen LogP contribution in [0.3, 0.4) is 0 Å². The van der Waals surface area contributed by atoms with Crippen molar-refractivity contribution >= 4 is 28.5 Å². The molecule has 4 rings (SSSR count). The largest absolute Gasteiger partial charge is 0.768 e. The highest BCUT2D eigenvalue weighted by atomic mass is 32.2. The fourth-order valence-corrected chi connectivity index (χ4v) is 3.95. The van der Waals surface area contributed by atoms with E-state index in [4.69, 9.17) is 26.7 Å². The van der Waals surface area contributed by atoms with Crippen LogP contribution < -0.4 is 26.7 Å². The Kier molecular flexibility index (Phi) is 7.14. The molecule has 0 spiro atoms. The summed E-state index contributed by atoms with van der Waals surface area (Å²) in [6.07, 6.45) is 1.50. The number of rotatable bonds is 8. The molecule has 1 aromatic heterocycles. The van der Waals surface area contributed by atoms with Crippen molar-refractivity contribution in [1.82, 2.24) is 9.97 Å². The smallest absolute Gasteiger partial charge is 0.221 e. The number of nitrogens with zero attached hydrogens (tertiary/aromatic N) is 2. The minimum absolute atomic E-state index is 0.114. The van der Waals surface area contributed by atoms with Crippen LogP contribution in [0.5, 0.6) is 11.5 Å². The van der Waals surface area contributed by atoms with Crippen LogP contribution in [-0.4, -0.2) is 25.8 Å². The van der Waals surface area contributed by atoms with Crippen LogP contribution in [-0.2, 0) is 17.5 Å². The van der Waals surface area contributed by atoms with E-state index in [0.29, 0.717) is 29.4 Å². The van der Waals surface area contributed by atoms with Gasteiger partial charge in [0.25, 0.3) is 0 Å². The topological polar surface area (TPSA) is 162 Å². The van der Waals surface area contributed by atoms with Gasteiger partial charge in [-0.25, -0.2) is 4.98 Å². The summed E-state index contributed by atoms with van der Waals surface area (Å²) >= 11 is -2.32. The molecule has 0 aliphatic carbocycles. The quantitative estimate of drug-likeness (QED) is 0.248. The lowest BCUT2D eigenvalue weighted by atomic mass is 10.0. The molecule has 10 heteroatoms. The van der Waals surface area contributed by atoms with E-state index < -0.39 is 17.2 Å². The molecule has 2 atom stereocenters. The van der Waals surface area contributed by atoms with E-state index in [1.807, 2.05) is 30.3 Å². The summed E-state index contributed by atoms with van der Waals surface area (Å²) in [5.41, 5.74) is 21.3. The summed E-state index contributed by atoms with van der Waals surface area (Å²) in [7, 11) is 1.56. The molecule has 4 aromatic rings. The third-order valence-corrected chi connectivity index (χ3v) is 6.06. The molecule has 180 valence electrons. The van der Waals surface area contributed by atoms with Crippen LogP contribution in [0, 0.1) is 0 Å². The second-order valence-corrected chi connectivity index (χ2v) is 8.71. The molecule has 2 unspecified atom stereocenters. The van der Waals surface area contributed by atoms with Crippen LogP contribution >= 0.6 is 0 Å². The summed E-state index contributed by atoms with van der Waals surface area (Å²) in [4.78, 5) is 8.23. The molecule has 6 N–H and O–H groups in total. The highest BCUT2D eigenvalue weighted by Gasteiger charge is 2.19. The van der Waals surface area contributed by atoms with Crippen LogP contribution in [0.4, 0.5) is 17.5 Å². The Morgan fingerprint density at radius 2 is 1.60 bits per heavy atom. The van der Waals surface area contributed by atoms with E-state index in [2.05, 4.69) is 9.97 Å². The van der Waals surface area contributed by atoms with Gasteiger partial charge >= 0.3 is 0 Å². The number of nitrogens with two attached hydrogens (primary N) is 3. The average molecular weight is 491 g/mol. The second kappa shape index (κ2) is 10.4. The van der Waals surface area contributed by atoms with Gasteiger partial charge in [0.05, 0.1) is 7.11 Å². The van der Waals surface area contributed by atoms with Crippen molar-refractivity contribution in [2.45, 2.75) is 17.4 Å². The third kappa shape index (κ3) is 5.68. The van der Waals surface area contributed by atoms with Crippen LogP contribution in [0.15, 0.2) is 77.8 Å². The van der Waals surface area contributed by atoms with Gasteiger partial charge in [0.1, 0.15) is 11.9 Å². The number of methoxy groups -OCH3 is 1. The van der Waals surface area contributed by atoms with E-state index in [-0.39, 0.29) is 10.8 Å². The maximum absolute atomic E-state index is 11.3. The molecule has 1 heterocycles. The van der Waals surface area contributed by atoms with E-state index in [1.54, 1.807) is 37.6 Å². The Morgan fingerprint density at radius 3 is 2.20 bits per heavy atom. The van der Waals surface area contributed by atoms with E-state index in [0.717, 1.165) is 22.3 Å². The minimum atomic E-state index is -2.32. The van der Waals surface area contributed by atoms with Crippen LogP contribution in [0.2, 0.25) is 0 Å². The lowest BCUT2D eigenvalue weighted by molar-refractivity contribution is 0.234. The molecular formula is C25H24N5O4S-. The highest BCUT2D eigenvalue weighted by Crippen LogP contribution is 2.36. The van der Waals surface area contributed by atoms with Gasteiger partial charge in [-0.05, 0) is 64.2 Å². The summed E-state index contributed by atoms with van der Waals surface area (Å²) in [6.45, 7) is 0. The van der Waals surface area contributed by atoms with Gasteiger partial charge < -0.3 is 31.2 Å². The normalized spacial score (nSPS) is 12.6. The van der Waals surface area contributed by atoms with Gasteiger partial charge in [-0.1, -0.05) is 30.3 Å². The van der Waals surface area contributed by atoms with Gasteiger partial charge in [-0.2, -0.15) is 4.98 Å². The predicted molar refractivity (Wildman–Crippen MR) is 134 cm³/mol. The van der Waals surface area contributed by atoms with Crippen molar-refractivity contribution in [3.8, 4) is 11.5 Å². The van der Waals surface area contributed by atoms with Gasteiger partial charge in [-0.3, -0.25) is 4.21 Å².